The number of aromatic nitrogens is 2. The molecular formula is C18H22N2O5S. The van der Waals surface area contributed by atoms with Crippen molar-refractivity contribution in [2.75, 3.05) is 27.1 Å². The third-order valence-electron chi connectivity index (χ3n) is 3.61. The zero-order valence-corrected chi connectivity index (χ0v) is 16.1. The van der Waals surface area contributed by atoms with Crippen LogP contribution in [0.5, 0.6) is 17.2 Å². The van der Waals surface area contributed by atoms with Crippen molar-refractivity contribution in [3.05, 3.63) is 39.8 Å². The summed E-state index contributed by atoms with van der Waals surface area (Å²) in [7, 11) is 4.49. The van der Waals surface area contributed by atoms with Gasteiger partial charge in [-0.25, -0.2) is 4.98 Å². The molecule has 8 heteroatoms. The normalized spacial score (nSPS) is 10.5. The number of carbonyl (C=O) groups excluding carboxylic acids is 1. The van der Waals surface area contributed by atoms with Gasteiger partial charge in [0.1, 0.15) is 0 Å². The van der Waals surface area contributed by atoms with Gasteiger partial charge in [-0.1, -0.05) is 25.1 Å². The van der Waals surface area contributed by atoms with Crippen LogP contribution in [0.3, 0.4) is 0 Å². The number of carbonyl (C=O) groups is 1. The number of nitrogens with one attached hydrogen (secondary N) is 1. The maximum atomic E-state index is 12.6. The molecule has 7 nitrogen and oxygen atoms in total. The number of methoxy groups -OCH3 is 3. The van der Waals surface area contributed by atoms with E-state index in [-0.39, 0.29) is 17.1 Å². The minimum atomic E-state index is -0.216. The van der Waals surface area contributed by atoms with Crippen molar-refractivity contribution in [3.63, 3.8) is 0 Å². The van der Waals surface area contributed by atoms with Crippen molar-refractivity contribution in [1.82, 2.24) is 9.97 Å². The van der Waals surface area contributed by atoms with Crippen LogP contribution < -0.4 is 19.8 Å². The summed E-state index contributed by atoms with van der Waals surface area (Å²) in [5.74, 6) is 1.24. The molecule has 1 N–H and O–H groups in total. The van der Waals surface area contributed by atoms with E-state index in [0.29, 0.717) is 28.0 Å². The van der Waals surface area contributed by atoms with Crippen LogP contribution in [-0.4, -0.2) is 42.8 Å². The number of ether oxygens (including phenoxy) is 3. The Labute approximate surface area is 156 Å². The molecule has 140 valence electrons. The predicted molar refractivity (Wildman–Crippen MR) is 100 cm³/mol. The Morgan fingerprint density at radius 1 is 1.12 bits per heavy atom. The van der Waals surface area contributed by atoms with Crippen molar-refractivity contribution >= 4 is 17.5 Å². The number of nitrogens with zero attached hydrogens (tertiary/aromatic N) is 1. The van der Waals surface area contributed by atoms with Crippen LogP contribution >= 0.6 is 11.8 Å². The fraction of sp³-hybridized carbons (Fsp3) is 0.389. The minimum Gasteiger partial charge on any atom is -0.493 e. The first kappa shape index (κ1) is 19.8. The average molecular weight is 378 g/mol. The lowest BCUT2D eigenvalue weighted by molar-refractivity contribution is 0.102. The zero-order valence-electron chi connectivity index (χ0n) is 15.3. The van der Waals surface area contributed by atoms with Crippen LogP contribution in [0.25, 0.3) is 0 Å². The van der Waals surface area contributed by atoms with Crippen LogP contribution in [0, 0.1) is 0 Å². The summed E-state index contributed by atoms with van der Waals surface area (Å²) < 4.78 is 15.8. The smallest absolute Gasteiger partial charge is 0.251 e. The number of aromatic amines is 1. The quantitative estimate of drug-likeness (QED) is 0.407. The van der Waals surface area contributed by atoms with Gasteiger partial charge in [0.05, 0.1) is 27.1 Å². The van der Waals surface area contributed by atoms with E-state index >= 15 is 0 Å². The lowest BCUT2D eigenvalue weighted by atomic mass is 10.1. The second kappa shape index (κ2) is 9.28. The molecular weight excluding hydrogens is 356 g/mol. The van der Waals surface area contributed by atoms with Crippen LogP contribution in [0.1, 0.15) is 29.4 Å². The summed E-state index contributed by atoms with van der Waals surface area (Å²) in [6.45, 7) is 2.02. The highest BCUT2D eigenvalue weighted by Crippen LogP contribution is 2.38. The van der Waals surface area contributed by atoms with Crippen molar-refractivity contribution in [2.24, 2.45) is 0 Å². The molecule has 0 spiro atoms. The highest BCUT2D eigenvalue weighted by atomic mass is 32.2. The Kier molecular flexibility index (Phi) is 7.08. The van der Waals surface area contributed by atoms with E-state index in [1.165, 1.54) is 39.2 Å². The Bertz CT molecular complexity index is 810. The summed E-state index contributed by atoms with van der Waals surface area (Å²) in [5, 5.41) is 0.432. The van der Waals surface area contributed by atoms with Gasteiger partial charge in [0.2, 0.25) is 5.75 Å². The maximum Gasteiger partial charge on any atom is 0.251 e. The molecule has 0 fully saturated rings. The van der Waals surface area contributed by atoms with Crippen molar-refractivity contribution in [3.8, 4) is 17.2 Å². The van der Waals surface area contributed by atoms with Crippen molar-refractivity contribution < 1.29 is 19.0 Å². The molecule has 0 radical (unpaired) electrons. The third-order valence-corrected chi connectivity index (χ3v) is 4.48. The van der Waals surface area contributed by atoms with E-state index in [2.05, 4.69) is 9.97 Å². The number of ketones is 1. The maximum absolute atomic E-state index is 12.6. The van der Waals surface area contributed by atoms with Gasteiger partial charge >= 0.3 is 0 Å². The number of hydrogen-bond acceptors (Lipinski definition) is 7. The number of aryl methyl sites for hydroxylation is 1. The van der Waals surface area contributed by atoms with Gasteiger partial charge in [-0.05, 0) is 18.6 Å². The third kappa shape index (κ3) is 4.78. The summed E-state index contributed by atoms with van der Waals surface area (Å²) in [6.07, 6.45) is 1.61. The molecule has 0 aliphatic rings. The van der Waals surface area contributed by atoms with Gasteiger partial charge < -0.3 is 19.2 Å². The predicted octanol–water partition coefficient (Wildman–Crippen LogP) is 2.72. The van der Waals surface area contributed by atoms with Crippen LogP contribution in [0.2, 0.25) is 0 Å². The van der Waals surface area contributed by atoms with E-state index in [1.807, 2.05) is 6.92 Å². The fourth-order valence-corrected chi connectivity index (χ4v) is 3.18. The summed E-state index contributed by atoms with van der Waals surface area (Å²) in [4.78, 5) is 31.3. The summed E-state index contributed by atoms with van der Waals surface area (Å²) >= 11 is 1.19. The Morgan fingerprint density at radius 3 is 2.31 bits per heavy atom. The monoisotopic (exact) mass is 378 g/mol. The second-order valence-corrected chi connectivity index (χ2v) is 6.38. The Morgan fingerprint density at radius 2 is 1.77 bits per heavy atom. The average Bonchev–Trinajstić information content (AvgIpc) is 2.64. The number of Topliss-reactive ketones (excluding diaryl/α,β-unsaturated/α-hetero) is 1. The number of hydrogen-bond donors (Lipinski definition) is 1. The molecule has 1 heterocycles. The fourth-order valence-electron chi connectivity index (χ4n) is 2.40. The van der Waals surface area contributed by atoms with E-state index in [1.54, 1.807) is 12.1 Å². The van der Waals surface area contributed by atoms with E-state index in [4.69, 9.17) is 14.2 Å². The summed E-state index contributed by atoms with van der Waals surface area (Å²) in [6, 6.07) is 4.69. The first-order chi connectivity index (χ1) is 12.5. The lowest BCUT2D eigenvalue weighted by Gasteiger charge is -2.13. The molecule has 0 bridgehead atoms. The van der Waals surface area contributed by atoms with E-state index in [0.717, 1.165) is 18.5 Å². The largest absolute Gasteiger partial charge is 0.493 e. The SMILES string of the molecule is CCCc1cc(=O)[nH]c(SCC(=O)c2cc(OC)c(OC)c(OC)c2)n1. The molecule has 1 aromatic heterocycles. The van der Waals surface area contributed by atoms with Gasteiger partial charge in [-0.3, -0.25) is 9.59 Å². The van der Waals surface area contributed by atoms with Crippen LogP contribution in [0.15, 0.2) is 28.2 Å². The standard InChI is InChI=1S/C18H22N2O5S/c1-5-6-12-9-16(22)20-18(19-12)26-10-13(21)11-7-14(23-2)17(25-4)15(8-11)24-3/h7-9H,5-6,10H2,1-4H3,(H,19,20,22). The van der Waals surface area contributed by atoms with Gasteiger partial charge in [0.25, 0.3) is 5.56 Å². The van der Waals surface area contributed by atoms with Gasteiger partial charge in [-0.2, -0.15) is 0 Å². The molecule has 0 unspecified atom stereocenters. The topological polar surface area (TPSA) is 90.5 Å². The van der Waals surface area contributed by atoms with Crippen LogP contribution in [0.4, 0.5) is 0 Å². The van der Waals surface area contributed by atoms with E-state index < -0.39 is 0 Å². The zero-order chi connectivity index (χ0) is 19.1. The van der Waals surface area contributed by atoms with Crippen molar-refractivity contribution in [2.45, 2.75) is 24.9 Å². The highest BCUT2D eigenvalue weighted by Gasteiger charge is 2.17. The molecule has 0 amide bonds. The number of rotatable bonds is 9. The first-order valence-corrected chi connectivity index (χ1v) is 9.07. The molecule has 0 saturated carbocycles. The van der Waals surface area contributed by atoms with Gasteiger partial charge in [-0.15, -0.1) is 0 Å². The van der Waals surface area contributed by atoms with Gasteiger partial charge in [0.15, 0.2) is 22.4 Å². The molecule has 0 atom stereocenters. The number of thioether (sulfide) groups is 1. The number of benzene rings is 1. The molecule has 0 saturated heterocycles. The summed E-state index contributed by atoms with van der Waals surface area (Å²) in [5.41, 5.74) is 0.934. The molecule has 1 aromatic carbocycles. The van der Waals surface area contributed by atoms with Gasteiger partial charge in [0, 0.05) is 17.3 Å². The highest BCUT2D eigenvalue weighted by molar-refractivity contribution is 7.99. The lowest BCUT2D eigenvalue weighted by Crippen LogP contribution is -2.11. The Balaban J connectivity index is 2.19. The minimum absolute atomic E-state index is 0.122. The second-order valence-electron chi connectivity index (χ2n) is 5.42. The van der Waals surface area contributed by atoms with E-state index in [9.17, 15) is 9.59 Å². The molecule has 0 aliphatic carbocycles. The molecule has 26 heavy (non-hydrogen) atoms. The molecule has 0 aliphatic heterocycles. The van der Waals surface area contributed by atoms with Crippen LogP contribution in [-0.2, 0) is 6.42 Å². The molecule has 2 rings (SSSR count). The Hall–Kier alpha value is -2.48. The number of H-pyrrole nitrogens is 1. The first-order valence-electron chi connectivity index (χ1n) is 8.08. The van der Waals surface area contributed by atoms with Crippen molar-refractivity contribution in [1.29, 1.82) is 0 Å². The molecule has 2 aromatic rings.